The summed E-state index contributed by atoms with van der Waals surface area (Å²) in [7, 11) is 0. The first kappa shape index (κ1) is 13.6. The van der Waals surface area contributed by atoms with E-state index in [1.54, 1.807) is 23.0 Å². The van der Waals surface area contributed by atoms with E-state index in [4.69, 9.17) is 17.3 Å². The number of halogens is 2. The molecule has 1 aromatic carbocycles. The van der Waals surface area contributed by atoms with Gasteiger partial charge in [0.1, 0.15) is 11.7 Å². The monoisotopic (exact) mass is 295 g/mol. The van der Waals surface area contributed by atoms with Gasteiger partial charge in [-0.05, 0) is 18.2 Å². The van der Waals surface area contributed by atoms with Crippen molar-refractivity contribution in [3.63, 3.8) is 0 Å². The molecular weight excluding hydrogens is 285 g/mol. The smallest absolute Gasteiger partial charge is 0.273 e. The Morgan fingerprint density at radius 2 is 2.00 bits per heavy atom. The van der Waals surface area contributed by atoms with Crippen LogP contribution in [0, 0.1) is 0 Å². The van der Waals surface area contributed by atoms with Gasteiger partial charge in [0.25, 0.3) is 5.82 Å². The molecular formula is C12H11Cl2N5. The van der Waals surface area contributed by atoms with Crippen LogP contribution in [0.25, 0.3) is 11.0 Å². The average molecular weight is 296 g/mol. The Bertz CT molecular complexity index is 710. The summed E-state index contributed by atoms with van der Waals surface area (Å²) < 4.78 is 3.60. The maximum atomic E-state index is 5.95. The van der Waals surface area contributed by atoms with Crippen LogP contribution in [-0.2, 0) is 6.67 Å². The molecule has 0 aliphatic heterocycles. The molecule has 5 nitrogen and oxygen atoms in total. The molecule has 0 fully saturated rings. The highest BCUT2D eigenvalue weighted by molar-refractivity contribution is 6.30. The van der Waals surface area contributed by atoms with E-state index >= 15 is 0 Å². The second kappa shape index (κ2) is 5.42. The normalized spacial score (nSPS) is 10.4. The molecule has 7 heteroatoms. The molecule has 0 atom stereocenters. The largest absolute Gasteiger partial charge is 1.00 e. The maximum absolute atomic E-state index is 5.95. The first-order chi connectivity index (χ1) is 8.74. The first-order valence-corrected chi connectivity index (χ1v) is 5.84. The summed E-state index contributed by atoms with van der Waals surface area (Å²) >= 11 is 5.95. The predicted molar refractivity (Wildman–Crippen MR) is 69.0 cm³/mol. The van der Waals surface area contributed by atoms with Gasteiger partial charge in [-0.25, -0.2) is 9.25 Å². The molecule has 2 aromatic heterocycles. The molecule has 0 saturated heterocycles. The van der Waals surface area contributed by atoms with E-state index < -0.39 is 0 Å². The third kappa shape index (κ3) is 2.62. The Labute approximate surface area is 121 Å². The van der Waals surface area contributed by atoms with Gasteiger partial charge in [0, 0.05) is 6.07 Å². The van der Waals surface area contributed by atoms with Gasteiger partial charge >= 0.3 is 0 Å². The minimum atomic E-state index is 0. The number of hydrogen-bond donors (Lipinski definition) is 1. The number of hydrogen-bond acceptors (Lipinski definition) is 3. The minimum Gasteiger partial charge on any atom is -1.00 e. The molecule has 0 bridgehead atoms. The lowest BCUT2D eigenvalue weighted by molar-refractivity contribution is -0.688. The van der Waals surface area contributed by atoms with E-state index in [2.05, 4.69) is 10.3 Å². The number of rotatable bonds is 2. The van der Waals surface area contributed by atoms with Crippen molar-refractivity contribution >= 4 is 28.5 Å². The Morgan fingerprint density at radius 1 is 1.21 bits per heavy atom. The summed E-state index contributed by atoms with van der Waals surface area (Å²) in [6.45, 7) is 0.479. The van der Waals surface area contributed by atoms with Crippen LogP contribution in [0.3, 0.4) is 0 Å². The highest BCUT2D eigenvalue weighted by Gasteiger charge is 2.09. The Morgan fingerprint density at radius 3 is 2.84 bits per heavy atom. The zero-order chi connectivity index (χ0) is 12.5. The van der Waals surface area contributed by atoms with Gasteiger partial charge in [-0.15, -0.1) is 5.10 Å². The van der Waals surface area contributed by atoms with Crippen molar-refractivity contribution in [1.29, 1.82) is 0 Å². The molecule has 2 N–H and O–H groups in total. The number of anilines is 1. The molecule has 0 amide bonds. The predicted octanol–water partition coefficient (Wildman–Crippen LogP) is -1.54. The van der Waals surface area contributed by atoms with Gasteiger partial charge < -0.3 is 12.4 Å². The summed E-state index contributed by atoms with van der Waals surface area (Å²) in [5.41, 5.74) is 7.72. The lowest BCUT2D eigenvalue weighted by Gasteiger charge is -2.04. The average Bonchev–Trinajstić information content (AvgIpc) is 2.78. The summed E-state index contributed by atoms with van der Waals surface area (Å²) in [5.74, 6) is 0.624. The number of nitrogens with zero attached hydrogens (tertiary/aromatic N) is 4. The van der Waals surface area contributed by atoms with E-state index in [0.29, 0.717) is 17.5 Å². The fourth-order valence-corrected chi connectivity index (χ4v) is 2.00. The molecule has 0 aliphatic rings. The van der Waals surface area contributed by atoms with Crippen molar-refractivity contribution in [2.75, 3.05) is 5.73 Å². The van der Waals surface area contributed by atoms with Crippen LogP contribution in [0.15, 0.2) is 42.6 Å². The van der Waals surface area contributed by atoms with Crippen molar-refractivity contribution in [3.05, 3.63) is 47.6 Å². The molecule has 0 spiro atoms. The quantitative estimate of drug-likeness (QED) is 0.583. The molecule has 3 aromatic rings. The summed E-state index contributed by atoms with van der Waals surface area (Å²) in [5, 5.41) is 8.83. The van der Waals surface area contributed by atoms with Crippen LogP contribution >= 0.6 is 11.6 Å². The van der Waals surface area contributed by atoms with E-state index in [-0.39, 0.29) is 12.4 Å². The molecule has 19 heavy (non-hydrogen) atoms. The summed E-state index contributed by atoms with van der Waals surface area (Å²) in [6.07, 6.45) is 1.77. The van der Waals surface area contributed by atoms with Crippen molar-refractivity contribution < 1.29 is 17.0 Å². The highest BCUT2D eigenvalue weighted by Crippen LogP contribution is 2.10. The SMILES string of the molecule is Nc1ccc(Cl)c[n+]1Cn1nnc2ccccc21.[Cl-]. The van der Waals surface area contributed by atoms with Crippen molar-refractivity contribution in [2.24, 2.45) is 0 Å². The van der Waals surface area contributed by atoms with E-state index in [1.165, 1.54) is 0 Å². The molecule has 0 unspecified atom stereocenters. The van der Waals surface area contributed by atoms with E-state index in [0.717, 1.165) is 11.0 Å². The molecule has 0 aliphatic carbocycles. The van der Waals surface area contributed by atoms with Crippen molar-refractivity contribution in [1.82, 2.24) is 15.0 Å². The van der Waals surface area contributed by atoms with Gasteiger partial charge in [-0.3, -0.25) is 5.73 Å². The van der Waals surface area contributed by atoms with Crippen LogP contribution in [0.2, 0.25) is 5.02 Å². The van der Waals surface area contributed by atoms with Gasteiger partial charge in [0.2, 0.25) is 0 Å². The number of nitrogens with two attached hydrogens (primary N) is 1. The molecule has 2 heterocycles. The maximum Gasteiger partial charge on any atom is 0.273 e. The van der Waals surface area contributed by atoms with Crippen LogP contribution in [0.1, 0.15) is 0 Å². The first-order valence-electron chi connectivity index (χ1n) is 5.47. The lowest BCUT2D eigenvalue weighted by atomic mass is 10.3. The third-order valence-corrected chi connectivity index (χ3v) is 2.95. The topological polar surface area (TPSA) is 60.6 Å². The number of nitrogen functional groups attached to an aromatic ring is 1. The Kier molecular flexibility index (Phi) is 3.87. The number of aromatic nitrogens is 4. The Hall–Kier alpha value is -1.85. The van der Waals surface area contributed by atoms with E-state index in [1.807, 2.05) is 28.8 Å². The zero-order valence-corrected chi connectivity index (χ0v) is 11.4. The van der Waals surface area contributed by atoms with Crippen LogP contribution in [-0.4, -0.2) is 15.0 Å². The lowest BCUT2D eigenvalue weighted by Crippen LogP contribution is -3.00. The highest BCUT2D eigenvalue weighted by atomic mass is 35.5. The van der Waals surface area contributed by atoms with Gasteiger partial charge in [0.15, 0.2) is 6.67 Å². The number of fused-ring (bicyclic) bond motifs is 1. The van der Waals surface area contributed by atoms with Crippen molar-refractivity contribution in [3.8, 4) is 0 Å². The second-order valence-corrected chi connectivity index (χ2v) is 4.40. The molecule has 3 rings (SSSR count). The number of para-hydroxylation sites is 1. The van der Waals surface area contributed by atoms with E-state index in [9.17, 15) is 0 Å². The van der Waals surface area contributed by atoms with Gasteiger partial charge in [0.05, 0.1) is 10.5 Å². The van der Waals surface area contributed by atoms with Crippen LogP contribution in [0.5, 0.6) is 0 Å². The summed E-state index contributed by atoms with van der Waals surface area (Å²) in [6, 6.07) is 11.3. The van der Waals surface area contributed by atoms with Gasteiger partial charge in [-0.1, -0.05) is 28.9 Å². The van der Waals surface area contributed by atoms with Gasteiger partial charge in [-0.2, -0.15) is 0 Å². The fraction of sp³-hybridized carbons (Fsp3) is 0.0833. The second-order valence-electron chi connectivity index (χ2n) is 3.96. The number of benzene rings is 1. The number of pyridine rings is 1. The Balaban J connectivity index is 0.00000133. The standard InChI is InChI=1S/C12H10ClN5.ClH/c13-9-5-6-12(14)17(7-9)8-18-11-4-2-1-3-10(11)15-16-18;/h1-7,14H,8H2;1H. The third-order valence-electron chi connectivity index (χ3n) is 2.73. The zero-order valence-electron chi connectivity index (χ0n) is 9.87. The molecule has 98 valence electrons. The summed E-state index contributed by atoms with van der Waals surface area (Å²) in [4.78, 5) is 0. The minimum absolute atomic E-state index is 0. The van der Waals surface area contributed by atoms with Crippen molar-refractivity contribution in [2.45, 2.75) is 6.67 Å². The molecule has 0 radical (unpaired) electrons. The fourth-order valence-electron chi connectivity index (χ4n) is 1.82. The van der Waals surface area contributed by atoms with Crippen LogP contribution < -0.4 is 22.7 Å². The van der Waals surface area contributed by atoms with Crippen LogP contribution in [0.4, 0.5) is 5.82 Å². The molecule has 0 saturated carbocycles.